The summed E-state index contributed by atoms with van der Waals surface area (Å²) in [7, 11) is -2.20. The molecule has 1 heterocycles. The Morgan fingerprint density at radius 1 is 1.07 bits per heavy atom. The van der Waals surface area contributed by atoms with Crippen LogP contribution >= 0.6 is 0 Å². The van der Waals surface area contributed by atoms with E-state index in [9.17, 15) is 26.4 Å². The SMILES string of the molecule is COc1cccc(CN(CCC(=O)N2CCNCC2)S(=O)(=O)c2ccc(CC(C)C)cc2)c1.O=C(O)C(F)(F)F. The van der Waals surface area contributed by atoms with Gasteiger partial charge in [-0.3, -0.25) is 4.79 Å². The van der Waals surface area contributed by atoms with Crippen molar-refractivity contribution in [3.8, 4) is 5.75 Å². The van der Waals surface area contributed by atoms with Crippen LogP contribution in [0.3, 0.4) is 0 Å². The molecule has 222 valence electrons. The molecule has 0 saturated carbocycles. The molecular formula is C27H36F3N3O6S. The molecule has 0 bridgehead atoms. The standard InChI is InChI=1S/C25H35N3O4S.C2HF3O2/c1-20(2)17-21-7-9-24(10-8-21)33(30,31)28(19-22-5-4-6-23(18-22)32-3)14-11-25(29)27-15-12-26-13-16-27;3-2(4,5)1(6)7/h4-10,18,20,26H,11-17,19H2,1-3H3;(H,6,7). The highest BCUT2D eigenvalue weighted by atomic mass is 32.2. The Kier molecular flexibility index (Phi) is 12.4. The van der Waals surface area contributed by atoms with Gasteiger partial charge in [0.2, 0.25) is 15.9 Å². The van der Waals surface area contributed by atoms with E-state index in [0.717, 1.165) is 30.6 Å². The quantitative estimate of drug-likeness (QED) is 0.437. The van der Waals surface area contributed by atoms with E-state index in [-0.39, 0.29) is 30.3 Å². The van der Waals surface area contributed by atoms with Crippen molar-refractivity contribution >= 4 is 21.9 Å². The highest BCUT2D eigenvalue weighted by Gasteiger charge is 2.38. The molecular weight excluding hydrogens is 551 g/mol. The first-order valence-electron chi connectivity index (χ1n) is 12.7. The van der Waals surface area contributed by atoms with Crippen LogP contribution in [-0.4, -0.2) is 80.6 Å². The summed E-state index contributed by atoms with van der Waals surface area (Å²) in [5, 5.41) is 10.4. The van der Waals surface area contributed by atoms with Crippen molar-refractivity contribution in [2.24, 2.45) is 5.92 Å². The Morgan fingerprint density at radius 3 is 2.20 bits per heavy atom. The van der Waals surface area contributed by atoms with Crippen LogP contribution in [0.15, 0.2) is 53.4 Å². The average Bonchev–Trinajstić information content (AvgIpc) is 2.91. The van der Waals surface area contributed by atoms with E-state index in [1.54, 1.807) is 24.1 Å². The van der Waals surface area contributed by atoms with Gasteiger partial charge in [0.15, 0.2) is 0 Å². The molecule has 2 N–H and O–H groups in total. The lowest BCUT2D eigenvalue weighted by atomic mass is 10.0. The molecule has 13 heteroatoms. The number of benzene rings is 2. The third kappa shape index (κ3) is 10.4. The van der Waals surface area contributed by atoms with Gasteiger partial charge in [0, 0.05) is 45.7 Å². The zero-order valence-corrected chi connectivity index (χ0v) is 23.6. The maximum absolute atomic E-state index is 13.6. The van der Waals surface area contributed by atoms with Gasteiger partial charge in [0.25, 0.3) is 0 Å². The van der Waals surface area contributed by atoms with Crippen LogP contribution in [0.25, 0.3) is 0 Å². The number of nitrogens with one attached hydrogen (secondary N) is 1. The minimum absolute atomic E-state index is 0.0189. The molecule has 0 atom stereocenters. The van der Waals surface area contributed by atoms with Crippen LogP contribution in [0.5, 0.6) is 5.75 Å². The second-order valence-corrected chi connectivity index (χ2v) is 11.6. The number of amides is 1. The molecule has 0 aliphatic carbocycles. The van der Waals surface area contributed by atoms with Crippen molar-refractivity contribution < 1.29 is 41.0 Å². The summed E-state index contributed by atoms with van der Waals surface area (Å²) in [4.78, 5) is 23.7. The Morgan fingerprint density at radius 2 is 1.68 bits per heavy atom. The van der Waals surface area contributed by atoms with Crippen molar-refractivity contribution in [3.05, 3.63) is 59.7 Å². The minimum atomic E-state index is -5.08. The number of nitrogens with zero attached hydrogens (tertiary/aromatic N) is 2. The number of carbonyl (C=O) groups is 2. The molecule has 1 aliphatic heterocycles. The topological polar surface area (TPSA) is 116 Å². The average molecular weight is 588 g/mol. The van der Waals surface area contributed by atoms with Crippen molar-refractivity contribution in [2.45, 2.75) is 44.3 Å². The van der Waals surface area contributed by atoms with Crippen LogP contribution in [0.4, 0.5) is 13.2 Å². The summed E-state index contributed by atoms with van der Waals surface area (Å²) in [5.74, 6) is -1.62. The maximum Gasteiger partial charge on any atom is 0.490 e. The Hall–Kier alpha value is -3.16. The minimum Gasteiger partial charge on any atom is -0.497 e. The van der Waals surface area contributed by atoms with Crippen LogP contribution in [0.1, 0.15) is 31.4 Å². The van der Waals surface area contributed by atoms with Gasteiger partial charge in [0.05, 0.1) is 12.0 Å². The second-order valence-electron chi connectivity index (χ2n) is 9.62. The van der Waals surface area contributed by atoms with Gasteiger partial charge in [-0.15, -0.1) is 0 Å². The van der Waals surface area contributed by atoms with Gasteiger partial charge in [-0.05, 0) is 47.7 Å². The normalized spacial score (nSPS) is 14.1. The highest BCUT2D eigenvalue weighted by molar-refractivity contribution is 7.89. The predicted molar refractivity (Wildman–Crippen MR) is 143 cm³/mol. The van der Waals surface area contributed by atoms with Crippen molar-refractivity contribution in [3.63, 3.8) is 0 Å². The Bertz CT molecular complexity index is 1210. The van der Waals surface area contributed by atoms with Crippen LogP contribution in [-0.2, 0) is 32.6 Å². The van der Waals surface area contributed by atoms with Crippen LogP contribution < -0.4 is 10.1 Å². The van der Waals surface area contributed by atoms with E-state index in [2.05, 4.69) is 19.2 Å². The first kappa shape index (κ1) is 33.0. The zero-order valence-electron chi connectivity index (χ0n) is 22.8. The van der Waals surface area contributed by atoms with Crippen LogP contribution in [0, 0.1) is 5.92 Å². The van der Waals surface area contributed by atoms with Gasteiger partial charge < -0.3 is 20.1 Å². The van der Waals surface area contributed by atoms with Crippen molar-refractivity contribution in [1.82, 2.24) is 14.5 Å². The first-order chi connectivity index (χ1) is 18.7. The third-order valence-electron chi connectivity index (χ3n) is 5.99. The van der Waals surface area contributed by atoms with Gasteiger partial charge in [-0.25, -0.2) is 13.2 Å². The number of hydrogen-bond donors (Lipinski definition) is 2. The summed E-state index contributed by atoms with van der Waals surface area (Å²) in [5.41, 5.74) is 1.92. The third-order valence-corrected chi connectivity index (χ3v) is 7.84. The fraction of sp³-hybridized carbons (Fsp3) is 0.481. The fourth-order valence-electron chi connectivity index (χ4n) is 3.97. The maximum atomic E-state index is 13.6. The zero-order chi connectivity index (χ0) is 29.9. The lowest BCUT2D eigenvalue weighted by Gasteiger charge is -2.29. The van der Waals surface area contributed by atoms with E-state index >= 15 is 0 Å². The summed E-state index contributed by atoms with van der Waals surface area (Å²) in [6, 6.07) is 14.5. The molecule has 9 nitrogen and oxygen atoms in total. The molecule has 0 radical (unpaired) electrons. The molecule has 0 aromatic heterocycles. The number of ether oxygens (including phenoxy) is 1. The van der Waals surface area contributed by atoms with E-state index in [1.807, 2.05) is 36.4 Å². The number of halogens is 3. The monoisotopic (exact) mass is 587 g/mol. The number of piperazine rings is 1. The summed E-state index contributed by atoms with van der Waals surface area (Å²) < 4.78 is 65.6. The van der Waals surface area contributed by atoms with Crippen molar-refractivity contribution in [1.29, 1.82) is 0 Å². The van der Waals surface area contributed by atoms with Gasteiger partial charge in [-0.1, -0.05) is 38.1 Å². The summed E-state index contributed by atoms with van der Waals surface area (Å²) in [6.07, 6.45) is -4.04. The summed E-state index contributed by atoms with van der Waals surface area (Å²) in [6.45, 7) is 7.39. The van der Waals surface area contributed by atoms with E-state index < -0.39 is 22.2 Å². The van der Waals surface area contributed by atoms with Gasteiger partial charge >= 0.3 is 12.1 Å². The molecule has 1 saturated heterocycles. The molecule has 1 amide bonds. The lowest BCUT2D eigenvalue weighted by molar-refractivity contribution is -0.192. The molecule has 0 unspecified atom stereocenters. The number of methoxy groups -OCH3 is 1. The first-order valence-corrected chi connectivity index (χ1v) is 14.2. The number of carboxylic acid groups (broad SMARTS) is 1. The number of hydrogen-bond acceptors (Lipinski definition) is 6. The predicted octanol–water partition coefficient (Wildman–Crippen LogP) is 3.54. The van der Waals surface area contributed by atoms with E-state index in [1.165, 1.54) is 4.31 Å². The molecule has 1 aliphatic rings. The van der Waals surface area contributed by atoms with E-state index in [4.69, 9.17) is 14.6 Å². The molecule has 40 heavy (non-hydrogen) atoms. The largest absolute Gasteiger partial charge is 0.497 e. The molecule has 3 rings (SSSR count). The molecule has 1 fully saturated rings. The number of rotatable bonds is 10. The number of carboxylic acids is 1. The molecule has 2 aromatic rings. The van der Waals surface area contributed by atoms with Crippen LogP contribution in [0.2, 0.25) is 0 Å². The smallest absolute Gasteiger partial charge is 0.490 e. The molecule has 0 spiro atoms. The number of carbonyl (C=O) groups excluding carboxylic acids is 1. The fourth-order valence-corrected chi connectivity index (χ4v) is 5.40. The highest BCUT2D eigenvalue weighted by Crippen LogP contribution is 2.22. The second kappa shape index (κ2) is 15.0. The summed E-state index contributed by atoms with van der Waals surface area (Å²) >= 11 is 0. The van der Waals surface area contributed by atoms with Crippen molar-refractivity contribution in [2.75, 3.05) is 39.8 Å². The lowest BCUT2D eigenvalue weighted by Crippen LogP contribution is -2.47. The van der Waals surface area contributed by atoms with E-state index in [0.29, 0.717) is 24.8 Å². The number of alkyl halides is 3. The number of sulfonamides is 1. The van der Waals surface area contributed by atoms with Gasteiger partial charge in [-0.2, -0.15) is 17.5 Å². The van der Waals surface area contributed by atoms with Gasteiger partial charge in [0.1, 0.15) is 5.75 Å². The Balaban J connectivity index is 0.000000708. The number of aliphatic carboxylic acids is 1. The Labute approximate surface area is 233 Å². The molecule has 2 aromatic carbocycles.